The maximum Gasteiger partial charge on any atom is 0.303 e. The summed E-state index contributed by atoms with van der Waals surface area (Å²) in [7, 11) is 0. The first-order valence-electron chi connectivity index (χ1n) is 15.4. The van der Waals surface area contributed by atoms with Gasteiger partial charge in [-0.1, -0.05) is 67.3 Å². The van der Waals surface area contributed by atoms with Gasteiger partial charge in [0.25, 0.3) is 0 Å². The van der Waals surface area contributed by atoms with Crippen molar-refractivity contribution in [3.63, 3.8) is 0 Å². The van der Waals surface area contributed by atoms with Crippen molar-refractivity contribution in [3.8, 4) is 5.75 Å². The van der Waals surface area contributed by atoms with Crippen LogP contribution in [0.15, 0.2) is 59.7 Å². The number of fused-ring (bicyclic) bond motifs is 3. The summed E-state index contributed by atoms with van der Waals surface area (Å²) in [6, 6.07) is 15.1. The van der Waals surface area contributed by atoms with Gasteiger partial charge in [-0.25, -0.2) is 0 Å². The largest absolute Gasteiger partial charge is 0.508 e. The minimum atomic E-state index is -0.826. The molecule has 0 saturated carbocycles. The molecule has 228 valence electrons. The Kier molecular flexibility index (Phi) is 10.0. The van der Waals surface area contributed by atoms with Gasteiger partial charge in [-0.3, -0.25) is 19.3 Å². The summed E-state index contributed by atoms with van der Waals surface area (Å²) in [6.07, 6.45) is 7.79. The second-order valence-electron chi connectivity index (χ2n) is 11.9. The Morgan fingerprint density at radius 3 is 2.56 bits per heavy atom. The zero-order valence-corrected chi connectivity index (χ0v) is 25.4. The molecular formula is C35H40ClNO6. The molecule has 2 fully saturated rings. The lowest BCUT2D eigenvalue weighted by molar-refractivity contribution is -0.141. The van der Waals surface area contributed by atoms with Crippen molar-refractivity contribution in [1.82, 2.24) is 4.90 Å². The molecule has 2 saturated heterocycles. The molecule has 2 amide bonds. The minimum absolute atomic E-state index is 0.0792. The van der Waals surface area contributed by atoms with Crippen LogP contribution in [-0.4, -0.2) is 52.2 Å². The molecule has 3 aliphatic rings. The number of amides is 2. The number of likely N-dealkylation sites (tertiary alicyclic amines) is 1. The molecule has 8 heteroatoms. The Morgan fingerprint density at radius 2 is 1.84 bits per heavy atom. The number of nitrogens with zero attached hydrogens (tertiary/aromatic N) is 1. The van der Waals surface area contributed by atoms with Crippen LogP contribution in [-0.2, 0) is 19.1 Å². The fraction of sp³-hybridized carbons (Fsp3) is 0.457. The molecule has 43 heavy (non-hydrogen) atoms. The van der Waals surface area contributed by atoms with Crippen LogP contribution < -0.4 is 0 Å². The smallest absolute Gasteiger partial charge is 0.303 e. The van der Waals surface area contributed by atoms with E-state index in [9.17, 15) is 19.5 Å². The molecule has 2 aromatic rings. The second-order valence-corrected chi connectivity index (χ2v) is 12.3. The van der Waals surface area contributed by atoms with Crippen molar-refractivity contribution in [2.75, 3.05) is 13.2 Å². The number of carbonyl (C=O) groups excluding carboxylic acids is 2. The van der Waals surface area contributed by atoms with Crippen molar-refractivity contribution in [1.29, 1.82) is 0 Å². The molecule has 2 aromatic carbocycles. The minimum Gasteiger partial charge on any atom is -0.508 e. The van der Waals surface area contributed by atoms with Crippen molar-refractivity contribution >= 4 is 41.0 Å². The van der Waals surface area contributed by atoms with Gasteiger partial charge in [0.05, 0.1) is 29.6 Å². The van der Waals surface area contributed by atoms with Crippen LogP contribution in [0.3, 0.4) is 0 Å². The number of hydrogen-bond acceptors (Lipinski definition) is 5. The van der Waals surface area contributed by atoms with E-state index in [1.807, 2.05) is 24.3 Å². The summed E-state index contributed by atoms with van der Waals surface area (Å²) in [6.45, 7) is 2.93. The number of phenolic OH excluding ortho intramolecular Hbond substituents is 1. The number of hydrogen-bond donors (Lipinski definition) is 2. The van der Waals surface area contributed by atoms with E-state index in [-0.39, 0.29) is 47.8 Å². The Morgan fingerprint density at radius 1 is 1.05 bits per heavy atom. The Labute approximate surface area is 258 Å². The number of carboxylic acids is 1. The standard InChI is InChI=1S/C35H40ClNO6/c1-2-9-25-19-27-33(35(42)37(34(27)41)17-8-4-7-12-31(39)40)28-21-43-30(32(25)28)16-14-23(22-10-5-3-6-11-22)18-24-13-15-26(38)20-29(24)36/h3,5-6,10-11,13,15,18,20,27-28,30,33,38H,2,4,7-9,12,14,16-17,19,21H2,1H3,(H,39,40)/b23-18-/t27-,28+,30-,33-/m1/s1. The Balaban J connectivity index is 1.34. The lowest BCUT2D eigenvalue weighted by atomic mass is 9.68. The van der Waals surface area contributed by atoms with Gasteiger partial charge in [-0.2, -0.15) is 0 Å². The van der Waals surface area contributed by atoms with Crippen molar-refractivity contribution in [2.45, 2.75) is 70.8 Å². The van der Waals surface area contributed by atoms with E-state index in [1.54, 1.807) is 12.1 Å². The summed E-state index contributed by atoms with van der Waals surface area (Å²) in [5.74, 6) is -1.68. The first-order valence-corrected chi connectivity index (χ1v) is 15.8. The zero-order valence-electron chi connectivity index (χ0n) is 24.6. The zero-order chi connectivity index (χ0) is 30.5. The molecule has 4 atom stereocenters. The highest BCUT2D eigenvalue weighted by molar-refractivity contribution is 6.32. The monoisotopic (exact) mass is 605 g/mol. The maximum atomic E-state index is 13.6. The van der Waals surface area contributed by atoms with Crippen LogP contribution in [0.4, 0.5) is 0 Å². The van der Waals surface area contributed by atoms with Crippen LogP contribution in [0.5, 0.6) is 5.75 Å². The number of carbonyl (C=O) groups is 3. The summed E-state index contributed by atoms with van der Waals surface area (Å²) in [4.78, 5) is 39.3. The van der Waals surface area contributed by atoms with Gasteiger partial charge in [-0.05, 0) is 85.1 Å². The fourth-order valence-electron chi connectivity index (χ4n) is 7.08. The number of carboxylic acid groups (broad SMARTS) is 1. The molecule has 5 rings (SSSR count). The molecule has 0 unspecified atom stereocenters. The topological polar surface area (TPSA) is 104 Å². The van der Waals surface area contributed by atoms with Gasteiger partial charge in [0, 0.05) is 18.9 Å². The molecule has 2 N–H and O–H groups in total. The highest BCUT2D eigenvalue weighted by Crippen LogP contribution is 2.51. The summed E-state index contributed by atoms with van der Waals surface area (Å²) in [5, 5.41) is 19.2. The van der Waals surface area contributed by atoms with Gasteiger partial charge in [0.15, 0.2) is 0 Å². The normalized spacial score (nSPS) is 23.6. The molecular weight excluding hydrogens is 566 g/mol. The van der Waals surface area contributed by atoms with E-state index < -0.39 is 5.97 Å². The van der Waals surface area contributed by atoms with E-state index in [1.165, 1.54) is 16.0 Å². The SMILES string of the molecule is CCCC1=C2[C@@H](CC/C(=C/c3ccc(O)cc3Cl)c3ccccc3)OC[C@@H]2[C@@H]2C(=O)N(CCCCCC(=O)O)C(=O)[C@@H]2C1. The fourth-order valence-corrected chi connectivity index (χ4v) is 7.31. The number of rotatable bonds is 13. The van der Waals surface area contributed by atoms with Crippen LogP contribution in [0.1, 0.15) is 75.8 Å². The number of imide groups is 1. The number of unbranched alkanes of at least 4 members (excludes halogenated alkanes) is 2. The molecule has 0 radical (unpaired) electrons. The summed E-state index contributed by atoms with van der Waals surface area (Å²) in [5.41, 5.74) is 5.51. The van der Waals surface area contributed by atoms with E-state index in [0.717, 1.165) is 42.4 Å². The van der Waals surface area contributed by atoms with Crippen molar-refractivity contribution in [3.05, 3.63) is 75.8 Å². The molecule has 7 nitrogen and oxygen atoms in total. The highest BCUT2D eigenvalue weighted by Gasteiger charge is 2.56. The average Bonchev–Trinajstić information content (AvgIpc) is 3.51. The summed E-state index contributed by atoms with van der Waals surface area (Å²) < 4.78 is 6.43. The quantitative estimate of drug-likeness (QED) is 0.109. The lowest BCUT2D eigenvalue weighted by Gasteiger charge is -2.32. The number of aliphatic carboxylic acids is 1. The molecule has 0 spiro atoms. The second kappa shape index (κ2) is 13.9. The number of halogens is 1. The Bertz CT molecular complexity index is 1420. The van der Waals surface area contributed by atoms with E-state index in [4.69, 9.17) is 21.4 Å². The Hall–Kier alpha value is -3.42. The number of phenols is 1. The third-order valence-corrected chi connectivity index (χ3v) is 9.38. The van der Waals surface area contributed by atoms with Crippen LogP contribution in [0.25, 0.3) is 11.6 Å². The number of ether oxygens (including phenoxy) is 1. The molecule has 2 aliphatic heterocycles. The molecule has 2 heterocycles. The van der Waals surface area contributed by atoms with Gasteiger partial charge >= 0.3 is 5.97 Å². The van der Waals surface area contributed by atoms with Gasteiger partial charge in [-0.15, -0.1) is 0 Å². The van der Waals surface area contributed by atoms with E-state index in [0.29, 0.717) is 43.9 Å². The lowest BCUT2D eigenvalue weighted by Crippen LogP contribution is -2.34. The first kappa shape index (κ1) is 31.0. The van der Waals surface area contributed by atoms with Crippen molar-refractivity contribution in [2.24, 2.45) is 17.8 Å². The van der Waals surface area contributed by atoms with Crippen LogP contribution in [0, 0.1) is 17.8 Å². The van der Waals surface area contributed by atoms with Gasteiger partial charge in [0.1, 0.15) is 5.75 Å². The average molecular weight is 606 g/mol. The third kappa shape index (κ3) is 6.89. The highest BCUT2D eigenvalue weighted by atomic mass is 35.5. The van der Waals surface area contributed by atoms with Crippen LogP contribution in [0.2, 0.25) is 5.02 Å². The van der Waals surface area contributed by atoms with E-state index in [2.05, 4.69) is 25.1 Å². The summed E-state index contributed by atoms with van der Waals surface area (Å²) >= 11 is 6.46. The predicted octanol–water partition coefficient (Wildman–Crippen LogP) is 7.13. The number of allylic oxidation sites excluding steroid dienone is 2. The van der Waals surface area contributed by atoms with E-state index >= 15 is 0 Å². The van der Waals surface area contributed by atoms with Crippen molar-refractivity contribution < 1.29 is 29.3 Å². The number of aromatic hydroxyl groups is 1. The predicted molar refractivity (Wildman–Crippen MR) is 166 cm³/mol. The van der Waals surface area contributed by atoms with Crippen LogP contribution >= 0.6 is 11.6 Å². The third-order valence-electron chi connectivity index (χ3n) is 9.06. The van der Waals surface area contributed by atoms with Gasteiger partial charge < -0.3 is 14.9 Å². The van der Waals surface area contributed by atoms with Gasteiger partial charge in [0.2, 0.25) is 11.8 Å². The first-order chi connectivity index (χ1) is 20.8. The molecule has 0 aromatic heterocycles. The number of benzene rings is 2. The maximum absolute atomic E-state index is 13.6. The molecule has 0 bridgehead atoms. The molecule has 1 aliphatic carbocycles.